The number of nitrogens with one attached hydrogen (secondary N) is 2. The van der Waals surface area contributed by atoms with Crippen LogP contribution in [0, 0.1) is 0 Å². The van der Waals surface area contributed by atoms with E-state index in [1.807, 2.05) is 6.26 Å². The number of esters is 1. The van der Waals surface area contributed by atoms with Crippen LogP contribution in [0.5, 0.6) is 0 Å². The minimum Gasteiger partial charge on any atom is -0.461 e. The van der Waals surface area contributed by atoms with Crippen molar-refractivity contribution in [2.45, 2.75) is 19.1 Å². The van der Waals surface area contributed by atoms with Gasteiger partial charge in [-0.2, -0.15) is 24.9 Å². The standard InChI is InChI=1S/C16H17F3N2O3S/c1-9-12(14(22)24-7-8-25-2)13(21-15(23)20-9)10-3-5-11(6-4-10)16(17,18)19/h3-6,13H,7-8H2,1-2H3,(H2,20,21,23)/t13-/m1/s1. The van der Waals surface area contributed by atoms with Gasteiger partial charge >= 0.3 is 18.2 Å². The van der Waals surface area contributed by atoms with Crippen LogP contribution in [0.3, 0.4) is 0 Å². The average Bonchev–Trinajstić information content (AvgIpc) is 2.53. The van der Waals surface area contributed by atoms with Gasteiger partial charge in [0.2, 0.25) is 0 Å². The number of alkyl halides is 3. The van der Waals surface area contributed by atoms with Crippen LogP contribution < -0.4 is 10.6 Å². The lowest BCUT2D eigenvalue weighted by atomic mass is 9.95. The van der Waals surface area contributed by atoms with E-state index >= 15 is 0 Å². The second kappa shape index (κ2) is 7.81. The number of halogens is 3. The fourth-order valence-corrected chi connectivity index (χ4v) is 2.62. The molecule has 0 aliphatic carbocycles. The topological polar surface area (TPSA) is 67.4 Å². The molecule has 136 valence electrons. The normalized spacial score (nSPS) is 17.8. The van der Waals surface area contributed by atoms with Crippen LogP contribution in [0.25, 0.3) is 0 Å². The molecule has 1 atom stereocenters. The second-order valence-corrected chi connectivity index (χ2v) is 6.30. The molecule has 0 bridgehead atoms. The number of hydrogen-bond acceptors (Lipinski definition) is 4. The van der Waals surface area contributed by atoms with E-state index < -0.39 is 29.8 Å². The molecule has 0 saturated heterocycles. The Morgan fingerprint density at radius 2 is 1.92 bits per heavy atom. The molecule has 2 amide bonds. The molecule has 1 aromatic rings. The summed E-state index contributed by atoms with van der Waals surface area (Å²) >= 11 is 1.51. The number of carbonyl (C=O) groups is 2. The Morgan fingerprint density at radius 1 is 1.28 bits per heavy atom. The van der Waals surface area contributed by atoms with E-state index in [-0.39, 0.29) is 12.2 Å². The molecule has 2 N–H and O–H groups in total. The van der Waals surface area contributed by atoms with E-state index in [2.05, 4.69) is 10.6 Å². The molecule has 25 heavy (non-hydrogen) atoms. The first-order valence-corrected chi connectivity index (χ1v) is 8.75. The Kier molecular flexibility index (Phi) is 5.99. The maximum absolute atomic E-state index is 12.7. The molecule has 5 nitrogen and oxygen atoms in total. The van der Waals surface area contributed by atoms with Crippen LogP contribution in [0.4, 0.5) is 18.0 Å². The number of rotatable bonds is 5. The number of thioether (sulfide) groups is 1. The Morgan fingerprint density at radius 3 is 2.48 bits per heavy atom. The average molecular weight is 374 g/mol. The summed E-state index contributed by atoms with van der Waals surface area (Å²) in [5.74, 6) is -0.00745. The molecule has 1 aliphatic heterocycles. The summed E-state index contributed by atoms with van der Waals surface area (Å²) < 4.78 is 43.3. The van der Waals surface area contributed by atoms with Crippen LogP contribution in [0.2, 0.25) is 0 Å². The smallest absolute Gasteiger partial charge is 0.416 e. The summed E-state index contributed by atoms with van der Waals surface area (Å²) in [6, 6.07) is 2.88. The molecule has 0 fully saturated rings. The zero-order chi connectivity index (χ0) is 18.6. The molecule has 0 spiro atoms. The van der Waals surface area contributed by atoms with Gasteiger partial charge in [0.05, 0.1) is 17.2 Å². The third-order valence-electron chi connectivity index (χ3n) is 3.58. The predicted octanol–water partition coefficient (Wildman–Crippen LogP) is 3.24. The van der Waals surface area contributed by atoms with Gasteiger partial charge in [-0.1, -0.05) is 12.1 Å². The first-order valence-electron chi connectivity index (χ1n) is 7.35. The fraction of sp³-hybridized carbons (Fsp3) is 0.375. The molecule has 0 radical (unpaired) electrons. The van der Waals surface area contributed by atoms with Crippen molar-refractivity contribution in [2.24, 2.45) is 0 Å². The number of urea groups is 1. The van der Waals surface area contributed by atoms with Gasteiger partial charge in [-0.3, -0.25) is 0 Å². The third kappa shape index (κ3) is 4.68. The first kappa shape index (κ1) is 19.2. The monoisotopic (exact) mass is 374 g/mol. The van der Waals surface area contributed by atoms with Crippen LogP contribution in [0.15, 0.2) is 35.5 Å². The lowest BCUT2D eigenvalue weighted by Gasteiger charge is -2.28. The van der Waals surface area contributed by atoms with E-state index in [4.69, 9.17) is 4.74 Å². The Balaban J connectivity index is 2.30. The van der Waals surface area contributed by atoms with E-state index in [9.17, 15) is 22.8 Å². The third-order valence-corrected chi connectivity index (χ3v) is 4.16. The maximum Gasteiger partial charge on any atom is 0.416 e. The van der Waals surface area contributed by atoms with E-state index in [1.165, 1.54) is 23.9 Å². The summed E-state index contributed by atoms with van der Waals surface area (Å²) in [6.45, 7) is 1.74. The molecule has 1 aliphatic rings. The van der Waals surface area contributed by atoms with Crippen molar-refractivity contribution in [3.8, 4) is 0 Å². The highest BCUT2D eigenvalue weighted by Crippen LogP contribution is 2.32. The highest BCUT2D eigenvalue weighted by molar-refractivity contribution is 7.98. The van der Waals surface area contributed by atoms with E-state index in [0.29, 0.717) is 17.0 Å². The Bertz CT molecular complexity index is 687. The first-order chi connectivity index (χ1) is 11.7. The summed E-state index contributed by atoms with van der Waals surface area (Å²) in [6.07, 6.45) is -2.59. The quantitative estimate of drug-likeness (QED) is 0.613. The fourth-order valence-electron chi connectivity index (χ4n) is 2.37. The number of ether oxygens (including phenoxy) is 1. The van der Waals surface area contributed by atoms with Crippen LogP contribution >= 0.6 is 11.8 Å². The Labute approximate surface area is 147 Å². The minimum atomic E-state index is -4.46. The van der Waals surface area contributed by atoms with Crippen molar-refractivity contribution < 1.29 is 27.5 Å². The van der Waals surface area contributed by atoms with Crippen LogP contribution in [0.1, 0.15) is 24.1 Å². The van der Waals surface area contributed by atoms with E-state index in [1.54, 1.807) is 6.92 Å². The van der Waals surface area contributed by atoms with Gasteiger partial charge in [-0.05, 0) is 30.9 Å². The van der Waals surface area contributed by atoms with Gasteiger partial charge in [0.25, 0.3) is 0 Å². The summed E-state index contributed by atoms with van der Waals surface area (Å²) in [7, 11) is 0. The van der Waals surface area contributed by atoms with Gasteiger partial charge in [0.1, 0.15) is 6.61 Å². The number of benzene rings is 1. The molecule has 0 saturated carbocycles. The largest absolute Gasteiger partial charge is 0.461 e. The summed E-state index contributed by atoms with van der Waals surface area (Å²) in [4.78, 5) is 24.1. The molecule has 1 heterocycles. The maximum atomic E-state index is 12.7. The number of carbonyl (C=O) groups excluding carboxylic acids is 2. The SMILES string of the molecule is CSCCOC(=O)C1=C(C)NC(=O)N[C@@H]1c1ccc(C(F)(F)F)cc1. The van der Waals surface area contributed by atoms with Crippen molar-refractivity contribution in [3.63, 3.8) is 0 Å². The van der Waals surface area contributed by atoms with Gasteiger partial charge < -0.3 is 15.4 Å². The minimum absolute atomic E-state index is 0.167. The van der Waals surface area contributed by atoms with Crippen molar-refractivity contribution >= 4 is 23.8 Å². The predicted molar refractivity (Wildman–Crippen MR) is 87.9 cm³/mol. The van der Waals surface area contributed by atoms with Crippen molar-refractivity contribution in [1.82, 2.24) is 10.6 Å². The molecule has 0 aromatic heterocycles. The lowest BCUT2D eigenvalue weighted by molar-refractivity contribution is -0.139. The second-order valence-electron chi connectivity index (χ2n) is 5.32. The van der Waals surface area contributed by atoms with Crippen molar-refractivity contribution in [1.29, 1.82) is 0 Å². The summed E-state index contributed by atoms with van der Waals surface area (Å²) in [5, 5.41) is 5.03. The van der Waals surface area contributed by atoms with Crippen molar-refractivity contribution in [2.75, 3.05) is 18.6 Å². The molecule has 1 aromatic carbocycles. The number of hydrogen-bond donors (Lipinski definition) is 2. The van der Waals surface area contributed by atoms with E-state index in [0.717, 1.165) is 12.1 Å². The molecule has 2 rings (SSSR count). The number of amides is 2. The molecule has 0 unspecified atom stereocenters. The van der Waals surface area contributed by atoms with Gasteiger partial charge in [-0.15, -0.1) is 0 Å². The Hall–Kier alpha value is -2.16. The zero-order valence-electron chi connectivity index (χ0n) is 13.6. The van der Waals surface area contributed by atoms with Gasteiger partial charge in [-0.25, -0.2) is 9.59 Å². The molecular formula is C16H17F3N2O3S. The van der Waals surface area contributed by atoms with Gasteiger partial charge in [0.15, 0.2) is 0 Å². The van der Waals surface area contributed by atoms with Crippen LogP contribution in [-0.4, -0.2) is 30.6 Å². The van der Waals surface area contributed by atoms with Gasteiger partial charge in [0, 0.05) is 11.4 Å². The highest BCUT2D eigenvalue weighted by atomic mass is 32.2. The number of allylic oxidation sites excluding steroid dienone is 1. The molecular weight excluding hydrogens is 357 g/mol. The summed E-state index contributed by atoms with van der Waals surface area (Å²) in [5.41, 5.74) is 0.0311. The molecule has 9 heteroatoms. The highest BCUT2D eigenvalue weighted by Gasteiger charge is 2.34. The van der Waals surface area contributed by atoms with Crippen LogP contribution in [-0.2, 0) is 15.7 Å². The lowest BCUT2D eigenvalue weighted by Crippen LogP contribution is -2.45. The van der Waals surface area contributed by atoms with Crippen molar-refractivity contribution in [3.05, 3.63) is 46.7 Å². The zero-order valence-corrected chi connectivity index (χ0v) is 14.4.